The highest BCUT2D eigenvalue weighted by molar-refractivity contribution is 5.85. The Hall–Kier alpha value is -0.310. The number of rotatable bonds is 1. The minimum atomic E-state index is -0.789. The van der Waals surface area contributed by atoms with E-state index in [0.717, 1.165) is 0 Å². The van der Waals surface area contributed by atoms with E-state index < -0.39 is 6.17 Å². The summed E-state index contributed by atoms with van der Waals surface area (Å²) in [5, 5.41) is 0. The van der Waals surface area contributed by atoms with Crippen LogP contribution >= 0.6 is 12.4 Å². The molecule has 0 heterocycles. The first-order valence-corrected chi connectivity index (χ1v) is 3.13. The first kappa shape index (κ1) is 9.69. The highest BCUT2D eigenvalue weighted by Gasteiger charge is 2.27. The molecule has 0 aliphatic heterocycles. The number of alkyl halides is 1. The fraction of sp³-hybridized carbons (Fsp3) is 0.833. The van der Waals surface area contributed by atoms with Crippen LogP contribution in [0.15, 0.2) is 0 Å². The molecule has 2 nitrogen and oxygen atoms in total. The van der Waals surface area contributed by atoms with Gasteiger partial charge in [-0.1, -0.05) is 0 Å². The molecule has 0 aromatic carbocycles. The number of amides is 1. The average Bonchev–Trinajstić information content (AvgIpc) is 2.14. The van der Waals surface area contributed by atoms with E-state index in [0.29, 0.717) is 19.3 Å². The summed E-state index contributed by atoms with van der Waals surface area (Å²) in [6.45, 7) is 0. The van der Waals surface area contributed by atoms with Crippen LogP contribution in [0.5, 0.6) is 0 Å². The van der Waals surface area contributed by atoms with E-state index in [2.05, 4.69) is 0 Å². The number of hydrogen-bond donors (Lipinski definition) is 1. The van der Waals surface area contributed by atoms with Gasteiger partial charge in [0.15, 0.2) is 0 Å². The molecule has 10 heavy (non-hydrogen) atoms. The molecule has 2 N–H and O–H groups in total. The fourth-order valence-corrected chi connectivity index (χ4v) is 1.18. The largest absolute Gasteiger partial charge is 0.369 e. The SMILES string of the molecule is Cl.NC(=O)[C@H]1CC[C@@H](F)C1. The first-order valence-electron chi connectivity index (χ1n) is 3.13. The fourth-order valence-electron chi connectivity index (χ4n) is 1.18. The predicted octanol–water partition coefficient (Wildman–Crippen LogP) is 1.03. The Morgan fingerprint density at radius 1 is 1.50 bits per heavy atom. The Morgan fingerprint density at radius 3 is 2.30 bits per heavy atom. The van der Waals surface area contributed by atoms with Crippen LogP contribution < -0.4 is 5.73 Å². The van der Waals surface area contributed by atoms with Crippen molar-refractivity contribution in [3.8, 4) is 0 Å². The van der Waals surface area contributed by atoms with Gasteiger partial charge in [0, 0.05) is 5.92 Å². The maximum absolute atomic E-state index is 12.3. The van der Waals surface area contributed by atoms with E-state index >= 15 is 0 Å². The minimum absolute atomic E-state index is 0. The number of nitrogens with two attached hydrogens (primary N) is 1. The molecule has 0 aromatic rings. The molecule has 60 valence electrons. The van der Waals surface area contributed by atoms with Gasteiger partial charge in [0.25, 0.3) is 0 Å². The maximum atomic E-state index is 12.3. The van der Waals surface area contributed by atoms with Crippen molar-refractivity contribution in [3.05, 3.63) is 0 Å². The molecule has 4 heteroatoms. The van der Waals surface area contributed by atoms with E-state index in [9.17, 15) is 9.18 Å². The Balaban J connectivity index is 0.000000810. The zero-order chi connectivity index (χ0) is 6.85. The zero-order valence-corrected chi connectivity index (χ0v) is 6.36. The summed E-state index contributed by atoms with van der Waals surface area (Å²) < 4.78 is 12.3. The van der Waals surface area contributed by atoms with Crippen LogP contribution in [0.3, 0.4) is 0 Å². The highest BCUT2D eigenvalue weighted by atomic mass is 35.5. The Kier molecular flexibility index (Phi) is 3.64. The quantitative estimate of drug-likeness (QED) is 0.623. The highest BCUT2D eigenvalue weighted by Crippen LogP contribution is 2.26. The van der Waals surface area contributed by atoms with Crippen molar-refractivity contribution in [2.75, 3.05) is 0 Å². The number of carbonyl (C=O) groups is 1. The van der Waals surface area contributed by atoms with E-state index in [1.807, 2.05) is 0 Å². The van der Waals surface area contributed by atoms with Crippen LogP contribution in [0.2, 0.25) is 0 Å². The van der Waals surface area contributed by atoms with Crippen molar-refractivity contribution in [2.45, 2.75) is 25.4 Å². The molecule has 0 bridgehead atoms. The number of halogens is 2. The summed E-state index contributed by atoms with van der Waals surface area (Å²) in [4.78, 5) is 10.4. The molecule has 0 radical (unpaired) electrons. The zero-order valence-electron chi connectivity index (χ0n) is 5.55. The predicted molar refractivity (Wildman–Crippen MR) is 38.7 cm³/mol. The summed E-state index contributed by atoms with van der Waals surface area (Å²) >= 11 is 0. The van der Waals surface area contributed by atoms with Crippen molar-refractivity contribution in [3.63, 3.8) is 0 Å². The third-order valence-electron chi connectivity index (χ3n) is 1.77. The third-order valence-corrected chi connectivity index (χ3v) is 1.77. The molecule has 1 aliphatic rings. The Labute approximate surface area is 65.4 Å². The van der Waals surface area contributed by atoms with Gasteiger partial charge in [-0.15, -0.1) is 12.4 Å². The number of primary amides is 1. The van der Waals surface area contributed by atoms with Crippen LogP contribution in [-0.2, 0) is 4.79 Å². The second kappa shape index (κ2) is 3.76. The van der Waals surface area contributed by atoms with Crippen LogP contribution in [0, 0.1) is 5.92 Å². The molecule has 0 saturated heterocycles. The summed E-state index contributed by atoms with van der Waals surface area (Å²) in [6.07, 6.45) is 0.696. The standard InChI is InChI=1S/C6H10FNO.ClH/c7-5-2-1-4(3-5)6(8)9;/h4-5H,1-3H2,(H2,8,9);1H/t4-,5+;/m0./s1. The van der Waals surface area contributed by atoms with Crippen LogP contribution in [0.1, 0.15) is 19.3 Å². The van der Waals surface area contributed by atoms with Gasteiger partial charge >= 0.3 is 0 Å². The summed E-state index contributed by atoms with van der Waals surface area (Å²) in [7, 11) is 0. The lowest BCUT2D eigenvalue weighted by Crippen LogP contribution is -2.20. The lowest BCUT2D eigenvalue weighted by molar-refractivity contribution is -0.121. The average molecular weight is 168 g/mol. The molecule has 1 aliphatic carbocycles. The van der Waals surface area contributed by atoms with Crippen molar-refractivity contribution < 1.29 is 9.18 Å². The second-order valence-corrected chi connectivity index (χ2v) is 2.51. The van der Waals surface area contributed by atoms with E-state index in [1.54, 1.807) is 0 Å². The Morgan fingerprint density at radius 2 is 2.10 bits per heavy atom. The van der Waals surface area contributed by atoms with Gasteiger partial charge < -0.3 is 5.73 Å². The van der Waals surface area contributed by atoms with Gasteiger partial charge in [-0.2, -0.15) is 0 Å². The topological polar surface area (TPSA) is 43.1 Å². The molecule has 0 aromatic heterocycles. The van der Waals surface area contributed by atoms with Gasteiger partial charge in [-0.05, 0) is 19.3 Å². The van der Waals surface area contributed by atoms with E-state index in [4.69, 9.17) is 5.73 Å². The monoisotopic (exact) mass is 167 g/mol. The smallest absolute Gasteiger partial charge is 0.220 e. The minimum Gasteiger partial charge on any atom is -0.369 e. The van der Waals surface area contributed by atoms with Gasteiger partial charge in [-0.25, -0.2) is 4.39 Å². The molecular weight excluding hydrogens is 157 g/mol. The van der Waals surface area contributed by atoms with E-state index in [-0.39, 0.29) is 24.2 Å². The van der Waals surface area contributed by atoms with Crippen LogP contribution in [0.4, 0.5) is 4.39 Å². The molecule has 0 unspecified atom stereocenters. The van der Waals surface area contributed by atoms with Gasteiger partial charge in [-0.3, -0.25) is 4.79 Å². The van der Waals surface area contributed by atoms with Gasteiger partial charge in [0.2, 0.25) is 5.91 Å². The molecular formula is C6H11ClFNO. The first-order chi connectivity index (χ1) is 4.20. The number of carbonyl (C=O) groups excluding carboxylic acids is 1. The molecule has 1 amide bonds. The number of hydrogen-bond acceptors (Lipinski definition) is 1. The molecule has 1 rings (SSSR count). The second-order valence-electron chi connectivity index (χ2n) is 2.51. The van der Waals surface area contributed by atoms with Crippen LogP contribution in [-0.4, -0.2) is 12.1 Å². The molecule has 1 saturated carbocycles. The lowest BCUT2D eigenvalue weighted by atomic mass is 10.1. The van der Waals surface area contributed by atoms with Crippen molar-refractivity contribution in [1.82, 2.24) is 0 Å². The van der Waals surface area contributed by atoms with Crippen molar-refractivity contribution in [1.29, 1.82) is 0 Å². The lowest BCUT2D eigenvalue weighted by Gasteiger charge is -1.99. The third kappa shape index (κ3) is 2.14. The maximum Gasteiger partial charge on any atom is 0.220 e. The molecule has 2 atom stereocenters. The van der Waals surface area contributed by atoms with E-state index in [1.165, 1.54) is 0 Å². The molecule has 1 fully saturated rings. The summed E-state index contributed by atoms with van der Waals surface area (Å²) in [5.41, 5.74) is 4.95. The molecule has 0 spiro atoms. The summed E-state index contributed by atoms with van der Waals surface area (Å²) in [6, 6.07) is 0. The Bertz CT molecular complexity index is 131. The van der Waals surface area contributed by atoms with Gasteiger partial charge in [0.05, 0.1) is 0 Å². The van der Waals surface area contributed by atoms with Gasteiger partial charge in [0.1, 0.15) is 6.17 Å². The summed E-state index contributed by atoms with van der Waals surface area (Å²) in [5.74, 6) is -0.546. The van der Waals surface area contributed by atoms with Crippen molar-refractivity contribution >= 4 is 18.3 Å². The normalized spacial score (nSPS) is 31.3. The van der Waals surface area contributed by atoms with Crippen LogP contribution in [0.25, 0.3) is 0 Å². The van der Waals surface area contributed by atoms with Crippen molar-refractivity contribution in [2.24, 2.45) is 11.7 Å².